The molecule has 2 fully saturated rings. The molecule has 0 radical (unpaired) electrons. The maximum Gasteiger partial charge on any atom is 0.263 e. The fourth-order valence-corrected chi connectivity index (χ4v) is 5.34. The van der Waals surface area contributed by atoms with E-state index in [1.807, 2.05) is 19.1 Å². The molecular formula is C21H24N4O3S. The van der Waals surface area contributed by atoms with E-state index in [-0.39, 0.29) is 23.6 Å². The summed E-state index contributed by atoms with van der Waals surface area (Å²) in [5.74, 6) is -0.228. The van der Waals surface area contributed by atoms with Crippen molar-refractivity contribution >= 4 is 29.1 Å². The van der Waals surface area contributed by atoms with Gasteiger partial charge in [0.1, 0.15) is 0 Å². The lowest BCUT2D eigenvalue weighted by Crippen LogP contribution is -2.48. The minimum atomic E-state index is -0.756. The average Bonchev–Trinajstić information content (AvgIpc) is 3.39. The first-order valence-corrected chi connectivity index (χ1v) is 10.4. The van der Waals surface area contributed by atoms with E-state index in [9.17, 15) is 14.4 Å². The zero-order valence-electron chi connectivity index (χ0n) is 16.8. The Balaban J connectivity index is 1.59. The Bertz CT molecular complexity index is 958. The quantitative estimate of drug-likeness (QED) is 0.770. The van der Waals surface area contributed by atoms with E-state index < -0.39 is 5.41 Å². The van der Waals surface area contributed by atoms with Crippen LogP contribution < -0.4 is 0 Å². The number of pyridine rings is 1. The standard InChI is InChI=1S/C21H24N4O3S/c1-14-4-5-17(29-14)19(27)25-11-16-10-24(18(26)15-6-8-22-9-7-15)12-21(16,13-25)20(28)23(2)3/h4-9,16H,10-13H2,1-3H3/t16-,21-/m0/s1. The molecule has 2 aliphatic rings. The number of nitrogens with zero attached hydrogens (tertiary/aromatic N) is 4. The van der Waals surface area contributed by atoms with Gasteiger partial charge in [-0.2, -0.15) is 0 Å². The van der Waals surface area contributed by atoms with E-state index in [4.69, 9.17) is 0 Å². The topological polar surface area (TPSA) is 73.8 Å². The first kappa shape index (κ1) is 19.6. The number of carbonyl (C=O) groups is 3. The van der Waals surface area contributed by atoms with Gasteiger partial charge in [-0.15, -0.1) is 11.3 Å². The van der Waals surface area contributed by atoms with Crippen LogP contribution in [0, 0.1) is 18.3 Å². The summed E-state index contributed by atoms with van der Waals surface area (Å²) in [4.78, 5) is 50.0. The molecule has 0 aromatic carbocycles. The van der Waals surface area contributed by atoms with E-state index >= 15 is 0 Å². The smallest absolute Gasteiger partial charge is 0.263 e. The Kier molecular flexibility index (Phi) is 4.90. The van der Waals surface area contributed by atoms with Gasteiger partial charge < -0.3 is 14.7 Å². The predicted octanol–water partition coefficient (Wildman–Crippen LogP) is 1.75. The molecule has 152 valence electrons. The van der Waals surface area contributed by atoms with Gasteiger partial charge in [-0.25, -0.2) is 0 Å². The molecule has 2 atom stereocenters. The molecule has 4 rings (SSSR count). The van der Waals surface area contributed by atoms with Crippen molar-refractivity contribution in [2.45, 2.75) is 6.92 Å². The van der Waals surface area contributed by atoms with E-state index in [1.165, 1.54) is 11.3 Å². The lowest BCUT2D eigenvalue weighted by molar-refractivity contribution is -0.139. The Labute approximate surface area is 173 Å². The second-order valence-electron chi connectivity index (χ2n) is 8.07. The van der Waals surface area contributed by atoms with Crippen LogP contribution in [-0.2, 0) is 4.79 Å². The van der Waals surface area contributed by atoms with Crippen molar-refractivity contribution in [3.63, 3.8) is 0 Å². The zero-order chi connectivity index (χ0) is 20.8. The fourth-order valence-electron chi connectivity index (χ4n) is 4.50. The molecule has 0 bridgehead atoms. The van der Waals surface area contributed by atoms with Gasteiger partial charge in [-0.1, -0.05) is 0 Å². The third-order valence-electron chi connectivity index (χ3n) is 5.89. The summed E-state index contributed by atoms with van der Waals surface area (Å²) < 4.78 is 0. The van der Waals surface area contributed by atoms with Gasteiger partial charge in [0, 0.05) is 69.0 Å². The first-order chi connectivity index (χ1) is 13.8. The highest BCUT2D eigenvalue weighted by Crippen LogP contribution is 2.44. The SMILES string of the molecule is Cc1ccc(C(=O)N2C[C@@H]3CN(C(=O)c4ccncc4)C[C@]3(C(=O)N(C)C)C2)s1. The molecule has 0 N–H and O–H groups in total. The number of aromatic nitrogens is 1. The van der Waals surface area contributed by atoms with E-state index in [0.717, 1.165) is 4.88 Å². The number of hydrogen-bond acceptors (Lipinski definition) is 5. The largest absolute Gasteiger partial charge is 0.348 e. The maximum atomic E-state index is 13.2. The summed E-state index contributed by atoms with van der Waals surface area (Å²) in [6.07, 6.45) is 3.18. The summed E-state index contributed by atoms with van der Waals surface area (Å²) in [6, 6.07) is 7.15. The van der Waals surface area contributed by atoms with E-state index in [2.05, 4.69) is 4.98 Å². The number of aryl methyl sites for hydroxylation is 1. The van der Waals surface area contributed by atoms with Gasteiger partial charge in [0.05, 0.1) is 10.3 Å². The Morgan fingerprint density at radius 2 is 1.66 bits per heavy atom. The van der Waals surface area contributed by atoms with Crippen LogP contribution in [0.5, 0.6) is 0 Å². The minimum Gasteiger partial charge on any atom is -0.348 e. The number of rotatable bonds is 3. The van der Waals surface area contributed by atoms with Gasteiger partial charge in [-0.3, -0.25) is 19.4 Å². The fraction of sp³-hybridized carbons (Fsp3) is 0.429. The minimum absolute atomic E-state index is 0.0230. The van der Waals surface area contributed by atoms with Crippen molar-refractivity contribution in [3.05, 3.63) is 52.0 Å². The number of fused-ring (bicyclic) bond motifs is 1. The number of likely N-dealkylation sites (tertiary alicyclic amines) is 2. The van der Waals surface area contributed by atoms with Crippen LogP contribution in [0.15, 0.2) is 36.7 Å². The van der Waals surface area contributed by atoms with Crippen LogP contribution in [0.25, 0.3) is 0 Å². The monoisotopic (exact) mass is 412 g/mol. The van der Waals surface area contributed by atoms with Crippen molar-refractivity contribution < 1.29 is 14.4 Å². The molecule has 4 heterocycles. The van der Waals surface area contributed by atoms with Crippen molar-refractivity contribution in [2.75, 3.05) is 40.3 Å². The summed E-state index contributed by atoms with van der Waals surface area (Å²) in [6.45, 7) is 3.58. The number of hydrogen-bond donors (Lipinski definition) is 0. The van der Waals surface area contributed by atoms with Crippen LogP contribution in [0.2, 0.25) is 0 Å². The van der Waals surface area contributed by atoms with Gasteiger partial charge in [0.25, 0.3) is 11.8 Å². The molecule has 2 aliphatic heterocycles. The van der Waals surface area contributed by atoms with Crippen molar-refractivity contribution in [1.29, 1.82) is 0 Å². The Morgan fingerprint density at radius 1 is 1.03 bits per heavy atom. The highest BCUT2D eigenvalue weighted by atomic mass is 32.1. The van der Waals surface area contributed by atoms with Crippen LogP contribution in [0.4, 0.5) is 0 Å². The first-order valence-electron chi connectivity index (χ1n) is 9.58. The van der Waals surface area contributed by atoms with Gasteiger partial charge >= 0.3 is 0 Å². The van der Waals surface area contributed by atoms with Crippen molar-refractivity contribution in [3.8, 4) is 0 Å². The van der Waals surface area contributed by atoms with Crippen LogP contribution in [0.3, 0.4) is 0 Å². The van der Waals surface area contributed by atoms with Crippen LogP contribution in [0.1, 0.15) is 24.9 Å². The zero-order valence-corrected chi connectivity index (χ0v) is 17.6. The third-order valence-corrected chi connectivity index (χ3v) is 6.88. The molecule has 3 amide bonds. The van der Waals surface area contributed by atoms with Crippen molar-refractivity contribution in [1.82, 2.24) is 19.7 Å². The van der Waals surface area contributed by atoms with Crippen LogP contribution in [-0.4, -0.2) is 77.7 Å². The Hall–Kier alpha value is -2.74. The normalized spacial score (nSPS) is 23.2. The molecule has 2 aromatic rings. The second-order valence-corrected chi connectivity index (χ2v) is 9.36. The molecule has 8 heteroatoms. The summed E-state index contributed by atoms with van der Waals surface area (Å²) in [5.41, 5.74) is -0.192. The maximum absolute atomic E-state index is 13.2. The van der Waals surface area contributed by atoms with Crippen molar-refractivity contribution in [2.24, 2.45) is 11.3 Å². The van der Waals surface area contributed by atoms with Crippen LogP contribution >= 0.6 is 11.3 Å². The van der Waals surface area contributed by atoms with E-state index in [1.54, 1.807) is 53.3 Å². The molecule has 7 nitrogen and oxygen atoms in total. The summed E-state index contributed by atoms with van der Waals surface area (Å²) in [5, 5.41) is 0. The molecular weight excluding hydrogens is 388 g/mol. The Morgan fingerprint density at radius 3 is 2.21 bits per heavy atom. The molecule has 29 heavy (non-hydrogen) atoms. The van der Waals surface area contributed by atoms with Gasteiger partial charge in [-0.05, 0) is 31.2 Å². The number of amides is 3. The number of thiophene rings is 1. The molecule has 0 spiro atoms. The second kappa shape index (κ2) is 7.26. The number of carbonyl (C=O) groups excluding carboxylic acids is 3. The van der Waals surface area contributed by atoms with E-state index in [0.29, 0.717) is 36.6 Å². The van der Waals surface area contributed by atoms with Gasteiger partial charge in [0.2, 0.25) is 5.91 Å². The molecule has 2 saturated heterocycles. The highest BCUT2D eigenvalue weighted by molar-refractivity contribution is 7.13. The lowest BCUT2D eigenvalue weighted by atomic mass is 9.80. The molecule has 0 saturated carbocycles. The van der Waals surface area contributed by atoms with Gasteiger partial charge in [0.15, 0.2) is 0 Å². The molecule has 0 aliphatic carbocycles. The molecule has 0 unspecified atom stereocenters. The molecule has 2 aromatic heterocycles. The summed E-state index contributed by atoms with van der Waals surface area (Å²) in [7, 11) is 3.46. The highest BCUT2D eigenvalue weighted by Gasteiger charge is 2.59. The predicted molar refractivity (Wildman–Crippen MR) is 110 cm³/mol. The lowest BCUT2D eigenvalue weighted by Gasteiger charge is -2.30. The summed E-state index contributed by atoms with van der Waals surface area (Å²) >= 11 is 1.47. The average molecular weight is 413 g/mol. The third kappa shape index (κ3) is 3.31.